The van der Waals surface area contributed by atoms with Crippen LogP contribution in [0.25, 0.3) is 20.8 Å². The van der Waals surface area contributed by atoms with Gasteiger partial charge in [0.05, 0.1) is 16.4 Å². The lowest BCUT2D eigenvalue weighted by atomic mass is 9.96. The van der Waals surface area contributed by atoms with Gasteiger partial charge >= 0.3 is 0 Å². The molecular formula is C23H21N5OS. The molecule has 30 heavy (non-hydrogen) atoms. The third kappa shape index (κ3) is 3.89. The van der Waals surface area contributed by atoms with Crippen molar-refractivity contribution in [3.63, 3.8) is 0 Å². The smallest absolute Gasteiger partial charge is 0.227 e. The summed E-state index contributed by atoms with van der Waals surface area (Å²) in [5.41, 5.74) is 2.83. The summed E-state index contributed by atoms with van der Waals surface area (Å²) >= 11 is 1.66. The summed E-state index contributed by atoms with van der Waals surface area (Å²) < 4.78 is 1.16. The van der Waals surface area contributed by atoms with Gasteiger partial charge < -0.3 is 10.2 Å². The van der Waals surface area contributed by atoms with Crippen molar-refractivity contribution >= 4 is 39.0 Å². The van der Waals surface area contributed by atoms with Gasteiger partial charge in [-0.3, -0.25) is 9.78 Å². The number of carbonyl (C=O) groups is 1. The Labute approximate surface area is 178 Å². The van der Waals surface area contributed by atoms with Crippen molar-refractivity contribution in [2.45, 2.75) is 12.8 Å². The van der Waals surface area contributed by atoms with Crippen LogP contribution >= 0.6 is 11.3 Å². The van der Waals surface area contributed by atoms with E-state index in [4.69, 9.17) is 4.98 Å². The maximum absolute atomic E-state index is 12.8. The zero-order valence-corrected chi connectivity index (χ0v) is 17.2. The molecule has 0 saturated carbocycles. The predicted molar refractivity (Wildman–Crippen MR) is 121 cm³/mol. The number of thiazole rings is 1. The number of nitrogens with one attached hydrogen (secondary N) is 1. The van der Waals surface area contributed by atoms with Crippen LogP contribution in [-0.2, 0) is 4.79 Å². The van der Waals surface area contributed by atoms with Crippen LogP contribution in [0.2, 0.25) is 0 Å². The van der Waals surface area contributed by atoms with Gasteiger partial charge in [-0.2, -0.15) is 0 Å². The minimum absolute atomic E-state index is 0.00373. The molecule has 6 nitrogen and oxygen atoms in total. The van der Waals surface area contributed by atoms with Crippen molar-refractivity contribution in [3.8, 4) is 10.6 Å². The molecule has 0 aliphatic carbocycles. The predicted octanol–water partition coefficient (Wildman–Crippen LogP) is 4.61. The van der Waals surface area contributed by atoms with E-state index in [1.54, 1.807) is 29.9 Å². The first-order valence-corrected chi connectivity index (χ1v) is 10.9. The van der Waals surface area contributed by atoms with Crippen LogP contribution in [0.4, 0.5) is 11.5 Å². The maximum atomic E-state index is 12.8. The van der Waals surface area contributed by atoms with Gasteiger partial charge in [0, 0.05) is 42.7 Å². The number of benzene rings is 2. The van der Waals surface area contributed by atoms with Crippen molar-refractivity contribution in [1.82, 2.24) is 15.0 Å². The molecule has 2 aromatic carbocycles. The molecule has 0 atom stereocenters. The zero-order chi connectivity index (χ0) is 20.3. The Hall–Kier alpha value is -3.32. The number of para-hydroxylation sites is 1. The van der Waals surface area contributed by atoms with Gasteiger partial charge in [-0.05, 0) is 37.1 Å². The molecule has 4 aromatic rings. The van der Waals surface area contributed by atoms with Crippen LogP contribution in [0.1, 0.15) is 12.8 Å². The Bertz CT molecular complexity index is 1140. The van der Waals surface area contributed by atoms with Crippen LogP contribution in [0.15, 0.2) is 67.1 Å². The number of fused-ring (bicyclic) bond motifs is 1. The minimum atomic E-state index is 0.00373. The van der Waals surface area contributed by atoms with Gasteiger partial charge in [0.2, 0.25) is 5.91 Å². The number of amides is 1. The first-order valence-electron chi connectivity index (χ1n) is 10.0. The fourth-order valence-electron chi connectivity index (χ4n) is 3.80. The summed E-state index contributed by atoms with van der Waals surface area (Å²) in [6, 6.07) is 16.1. The largest absolute Gasteiger partial charge is 0.355 e. The Morgan fingerprint density at radius 1 is 1.07 bits per heavy atom. The van der Waals surface area contributed by atoms with Crippen molar-refractivity contribution in [3.05, 3.63) is 67.1 Å². The quantitative estimate of drug-likeness (QED) is 0.527. The van der Waals surface area contributed by atoms with E-state index in [2.05, 4.69) is 26.3 Å². The van der Waals surface area contributed by atoms with Crippen LogP contribution in [0.5, 0.6) is 0 Å². The molecule has 150 valence electrons. The molecule has 0 radical (unpaired) electrons. The Balaban J connectivity index is 1.25. The number of anilines is 2. The molecule has 1 amide bonds. The second-order valence-corrected chi connectivity index (χ2v) is 8.41. The van der Waals surface area contributed by atoms with E-state index in [-0.39, 0.29) is 11.8 Å². The fraction of sp³-hybridized carbons (Fsp3) is 0.217. The van der Waals surface area contributed by atoms with E-state index in [1.807, 2.05) is 42.5 Å². The average Bonchev–Trinajstić information content (AvgIpc) is 3.24. The number of carbonyl (C=O) groups excluding carboxylic acids is 1. The van der Waals surface area contributed by atoms with E-state index in [0.717, 1.165) is 58.2 Å². The number of nitrogens with zero attached hydrogens (tertiary/aromatic N) is 4. The molecule has 2 aromatic heterocycles. The van der Waals surface area contributed by atoms with Crippen molar-refractivity contribution < 1.29 is 4.79 Å². The van der Waals surface area contributed by atoms with E-state index in [9.17, 15) is 4.79 Å². The molecule has 0 spiro atoms. The highest BCUT2D eigenvalue weighted by atomic mass is 32.1. The second-order valence-electron chi connectivity index (χ2n) is 7.38. The van der Waals surface area contributed by atoms with E-state index >= 15 is 0 Å². The molecule has 1 aliphatic rings. The van der Waals surface area contributed by atoms with Crippen LogP contribution in [-0.4, -0.2) is 33.9 Å². The normalized spacial score (nSPS) is 14.7. The lowest BCUT2D eigenvalue weighted by molar-refractivity contribution is -0.120. The topological polar surface area (TPSA) is 71.0 Å². The van der Waals surface area contributed by atoms with E-state index in [0.29, 0.717) is 0 Å². The molecule has 3 heterocycles. The lowest BCUT2D eigenvalue weighted by Gasteiger charge is -2.31. The summed E-state index contributed by atoms with van der Waals surface area (Å²) in [4.78, 5) is 28.2. The summed E-state index contributed by atoms with van der Waals surface area (Å²) in [6.45, 7) is 1.62. The molecule has 1 saturated heterocycles. The van der Waals surface area contributed by atoms with Crippen molar-refractivity contribution in [2.24, 2.45) is 5.92 Å². The summed E-state index contributed by atoms with van der Waals surface area (Å²) in [5.74, 6) is 0.958. The highest BCUT2D eigenvalue weighted by molar-refractivity contribution is 7.21. The molecule has 0 unspecified atom stereocenters. The summed E-state index contributed by atoms with van der Waals surface area (Å²) in [6.07, 6.45) is 6.76. The van der Waals surface area contributed by atoms with Gasteiger partial charge in [0.1, 0.15) is 10.8 Å². The average molecular weight is 416 g/mol. The first kappa shape index (κ1) is 18.7. The van der Waals surface area contributed by atoms with Crippen molar-refractivity contribution in [2.75, 3.05) is 23.3 Å². The molecule has 1 aliphatic heterocycles. The molecule has 7 heteroatoms. The SMILES string of the molecule is O=C(Nc1cccc(-c2nc3ccccc3s2)c1)C1CCN(c2cnccn2)CC1. The molecule has 5 rings (SSSR count). The van der Waals surface area contributed by atoms with E-state index < -0.39 is 0 Å². The highest BCUT2D eigenvalue weighted by Crippen LogP contribution is 2.31. The fourth-order valence-corrected chi connectivity index (χ4v) is 4.76. The minimum Gasteiger partial charge on any atom is -0.355 e. The molecule has 1 N–H and O–H groups in total. The van der Waals surface area contributed by atoms with Crippen LogP contribution in [0.3, 0.4) is 0 Å². The van der Waals surface area contributed by atoms with Gasteiger partial charge in [0.15, 0.2) is 0 Å². The second kappa shape index (κ2) is 8.20. The van der Waals surface area contributed by atoms with Crippen LogP contribution in [0, 0.1) is 5.92 Å². The van der Waals surface area contributed by atoms with Gasteiger partial charge in [-0.15, -0.1) is 11.3 Å². The van der Waals surface area contributed by atoms with Crippen molar-refractivity contribution in [1.29, 1.82) is 0 Å². The Morgan fingerprint density at radius 3 is 2.73 bits per heavy atom. The molecule has 0 bridgehead atoms. The monoisotopic (exact) mass is 415 g/mol. The zero-order valence-electron chi connectivity index (χ0n) is 16.4. The Morgan fingerprint density at radius 2 is 1.93 bits per heavy atom. The van der Waals surface area contributed by atoms with Crippen LogP contribution < -0.4 is 10.2 Å². The Kier molecular flexibility index (Phi) is 5.11. The van der Waals surface area contributed by atoms with Gasteiger partial charge in [0.25, 0.3) is 0 Å². The number of hydrogen-bond acceptors (Lipinski definition) is 6. The number of hydrogen-bond donors (Lipinski definition) is 1. The lowest BCUT2D eigenvalue weighted by Crippen LogP contribution is -2.38. The van der Waals surface area contributed by atoms with Gasteiger partial charge in [-0.1, -0.05) is 24.3 Å². The number of piperidine rings is 1. The maximum Gasteiger partial charge on any atom is 0.227 e. The third-order valence-electron chi connectivity index (χ3n) is 5.41. The summed E-state index contributed by atoms with van der Waals surface area (Å²) in [7, 11) is 0. The van der Waals surface area contributed by atoms with Gasteiger partial charge in [-0.25, -0.2) is 9.97 Å². The number of rotatable bonds is 4. The first-order chi connectivity index (χ1) is 14.8. The third-order valence-corrected chi connectivity index (χ3v) is 6.50. The highest BCUT2D eigenvalue weighted by Gasteiger charge is 2.25. The van der Waals surface area contributed by atoms with E-state index in [1.165, 1.54) is 0 Å². The molecular weight excluding hydrogens is 394 g/mol. The standard InChI is InChI=1S/C23H21N5OS/c29-22(16-8-12-28(13-9-16)21-15-24-10-11-25-21)26-18-5-3-4-17(14-18)23-27-19-6-1-2-7-20(19)30-23/h1-7,10-11,14-16H,8-9,12-13H2,(H,26,29). The molecule has 1 fully saturated rings. The number of aromatic nitrogens is 3. The summed E-state index contributed by atoms with van der Waals surface area (Å²) in [5, 5.41) is 4.06.